The molecule has 4 aliphatic heterocycles. The van der Waals surface area contributed by atoms with E-state index in [-0.39, 0.29) is 29.4 Å². The second-order valence-electron chi connectivity index (χ2n) is 20.2. The van der Waals surface area contributed by atoms with E-state index < -0.39 is 37.0 Å². The number of fused-ring (bicyclic) bond motifs is 2. The van der Waals surface area contributed by atoms with E-state index in [0.717, 1.165) is 75.8 Å². The average Bonchev–Trinajstić information content (AvgIpc) is 3.98. The highest BCUT2D eigenvalue weighted by Crippen LogP contribution is 2.54. The highest BCUT2D eigenvalue weighted by atomic mass is 32.2. The molecule has 2 aromatic heterocycles. The number of carbonyl (C=O) groups is 1. The number of H-pyrrole nitrogens is 1. The van der Waals surface area contributed by atoms with Gasteiger partial charge in [-0.25, -0.2) is 18.1 Å². The number of benzene rings is 3. The number of rotatable bonds is 12. The summed E-state index contributed by atoms with van der Waals surface area (Å²) in [5, 5.41) is 16.6. The van der Waals surface area contributed by atoms with Crippen LogP contribution < -0.4 is 24.4 Å². The van der Waals surface area contributed by atoms with Crippen LogP contribution >= 0.6 is 0 Å². The largest absolute Gasteiger partial charge is 0.489 e. The molecule has 3 N–H and O–H groups in total. The SMILES string of the molecule is CC(C)c1ccccc1[C@@H]1CCCN1C1CC2(CCN(c3ccc(C(=O)NS(=O)(=O)c4cc5c(c([N+](=O)[O-])c4)NC(C)(CN4CCN(C)CC4)CO5)c(Oc4cnc5[nH]ccc5c4)c3)CC2)C1. The Bertz CT molecular complexity index is 2790. The minimum atomic E-state index is -4.65. The van der Waals surface area contributed by atoms with Gasteiger partial charge in [0.15, 0.2) is 11.4 Å². The lowest BCUT2D eigenvalue weighted by molar-refractivity contribution is -0.384. The van der Waals surface area contributed by atoms with Crippen molar-refractivity contribution in [2.24, 2.45) is 5.41 Å². The van der Waals surface area contributed by atoms with Gasteiger partial charge in [-0.3, -0.25) is 24.7 Å². The van der Waals surface area contributed by atoms with Crippen LogP contribution in [0.2, 0.25) is 0 Å². The molecule has 1 amide bonds. The fraction of sp³-hybridized carbons (Fsp3) is 0.480. The number of ether oxygens (including phenoxy) is 2. The maximum atomic E-state index is 14.1. The van der Waals surface area contributed by atoms with Crippen molar-refractivity contribution in [2.45, 2.75) is 87.7 Å². The Morgan fingerprint density at radius 3 is 2.55 bits per heavy atom. The Morgan fingerprint density at radius 2 is 1.79 bits per heavy atom. The molecule has 3 saturated heterocycles. The van der Waals surface area contributed by atoms with Crippen molar-refractivity contribution in [3.63, 3.8) is 0 Å². The third kappa shape index (κ3) is 9.06. The highest BCUT2D eigenvalue weighted by molar-refractivity contribution is 7.90. The zero-order chi connectivity index (χ0) is 46.7. The molecule has 2 atom stereocenters. The van der Waals surface area contributed by atoms with Gasteiger partial charge in [0.1, 0.15) is 23.8 Å². The third-order valence-electron chi connectivity index (χ3n) is 15.0. The first-order valence-corrected chi connectivity index (χ1v) is 25.2. The number of amides is 1. The number of nitro groups is 1. The highest BCUT2D eigenvalue weighted by Gasteiger charge is 2.50. The Morgan fingerprint density at radius 1 is 1.01 bits per heavy atom. The maximum absolute atomic E-state index is 14.1. The molecule has 1 saturated carbocycles. The van der Waals surface area contributed by atoms with E-state index in [4.69, 9.17) is 9.47 Å². The van der Waals surface area contributed by atoms with E-state index in [9.17, 15) is 23.3 Å². The number of aromatic nitrogens is 2. The number of nitrogens with one attached hydrogen (secondary N) is 3. The summed E-state index contributed by atoms with van der Waals surface area (Å²) in [4.78, 5) is 42.7. The fourth-order valence-electron chi connectivity index (χ4n) is 11.3. The van der Waals surface area contributed by atoms with E-state index in [1.54, 1.807) is 30.6 Å². The summed E-state index contributed by atoms with van der Waals surface area (Å²) in [6.07, 6.45) is 10.3. The number of likely N-dealkylation sites (N-methyl/N-ethyl adjacent to an activating group) is 1. The molecule has 17 heteroatoms. The van der Waals surface area contributed by atoms with Crippen LogP contribution in [0.4, 0.5) is 17.1 Å². The van der Waals surface area contributed by atoms with E-state index in [1.807, 2.05) is 19.1 Å². The van der Waals surface area contributed by atoms with Gasteiger partial charge < -0.3 is 29.6 Å². The van der Waals surface area contributed by atoms with Crippen molar-refractivity contribution >= 4 is 44.0 Å². The van der Waals surface area contributed by atoms with Gasteiger partial charge in [-0.15, -0.1) is 0 Å². The first kappa shape index (κ1) is 45.1. The predicted molar refractivity (Wildman–Crippen MR) is 258 cm³/mol. The molecule has 354 valence electrons. The molecular weight excluding hydrogens is 871 g/mol. The number of piperazine rings is 1. The van der Waals surface area contributed by atoms with Crippen molar-refractivity contribution in [2.75, 3.05) is 76.2 Å². The monoisotopic (exact) mass is 931 g/mol. The molecule has 1 aliphatic carbocycles. The molecule has 67 heavy (non-hydrogen) atoms. The fourth-order valence-corrected chi connectivity index (χ4v) is 12.3. The molecule has 5 aliphatic rings. The number of piperidine rings is 1. The first-order chi connectivity index (χ1) is 32.1. The van der Waals surface area contributed by atoms with Crippen LogP contribution in [0, 0.1) is 15.5 Å². The van der Waals surface area contributed by atoms with Crippen LogP contribution in [0.15, 0.2) is 84.0 Å². The topological polar surface area (TPSA) is 179 Å². The van der Waals surface area contributed by atoms with Crippen LogP contribution in [0.3, 0.4) is 0 Å². The third-order valence-corrected chi connectivity index (χ3v) is 16.3. The summed E-state index contributed by atoms with van der Waals surface area (Å²) >= 11 is 0. The summed E-state index contributed by atoms with van der Waals surface area (Å²) in [5.74, 6) is 0.0755. The van der Waals surface area contributed by atoms with E-state index in [1.165, 1.54) is 42.9 Å². The summed E-state index contributed by atoms with van der Waals surface area (Å²) in [5.41, 5.74) is 3.72. The Kier molecular flexibility index (Phi) is 11.9. The van der Waals surface area contributed by atoms with Gasteiger partial charge in [0.25, 0.3) is 21.6 Å². The number of aromatic amines is 1. The number of nitrogens with zero attached hydrogens (tertiary/aromatic N) is 6. The quantitative estimate of drug-likeness (QED) is 0.0813. The number of carbonyl (C=O) groups excluding carboxylic acids is 1. The molecule has 1 unspecified atom stereocenters. The summed E-state index contributed by atoms with van der Waals surface area (Å²) in [6.45, 7) is 13.6. The van der Waals surface area contributed by atoms with Crippen molar-refractivity contribution < 1.29 is 27.6 Å². The minimum absolute atomic E-state index is 0.0206. The van der Waals surface area contributed by atoms with Gasteiger partial charge in [0.05, 0.1) is 27.1 Å². The van der Waals surface area contributed by atoms with Crippen LogP contribution in [0.1, 0.15) is 92.7 Å². The van der Waals surface area contributed by atoms with Gasteiger partial charge in [0.2, 0.25) is 0 Å². The average molecular weight is 932 g/mol. The Hall–Kier alpha value is -5.75. The number of anilines is 2. The second kappa shape index (κ2) is 17.7. The molecule has 0 radical (unpaired) electrons. The number of likely N-dealkylation sites (tertiary alicyclic amines) is 1. The first-order valence-electron chi connectivity index (χ1n) is 23.7. The summed E-state index contributed by atoms with van der Waals surface area (Å²) in [7, 11) is -2.58. The number of nitro benzene ring substituents is 1. The molecule has 0 bridgehead atoms. The Balaban J connectivity index is 0.854. The van der Waals surface area contributed by atoms with Crippen molar-refractivity contribution in [1.82, 2.24) is 29.4 Å². The van der Waals surface area contributed by atoms with E-state index >= 15 is 0 Å². The molecule has 16 nitrogen and oxygen atoms in total. The van der Waals surface area contributed by atoms with Crippen LogP contribution in [0.25, 0.3) is 11.0 Å². The van der Waals surface area contributed by atoms with E-state index in [2.05, 4.69) is 84.8 Å². The van der Waals surface area contributed by atoms with Crippen molar-refractivity contribution in [1.29, 1.82) is 0 Å². The lowest BCUT2D eigenvalue weighted by atomic mass is 9.59. The van der Waals surface area contributed by atoms with Crippen molar-refractivity contribution in [3.8, 4) is 17.2 Å². The molecule has 6 heterocycles. The van der Waals surface area contributed by atoms with E-state index in [0.29, 0.717) is 41.4 Å². The van der Waals surface area contributed by atoms with Gasteiger partial charge in [-0.2, -0.15) is 0 Å². The molecule has 5 aromatic rings. The predicted octanol–water partition coefficient (Wildman–Crippen LogP) is 7.90. The summed E-state index contributed by atoms with van der Waals surface area (Å²) in [6, 6.07) is 21.1. The maximum Gasteiger partial charge on any atom is 0.297 e. The molecule has 4 fully saturated rings. The van der Waals surface area contributed by atoms with Gasteiger partial charge >= 0.3 is 0 Å². The number of hydrogen-bond acceptors (Lipinski definition) is 13. The summed E-state index contributed by atoms with van der Waals surface area (Å²) < 4.78 is 42.7. The number of pyridine rings is 1. The lowest BCUT2D eigenvalue weighted by Crippen LogP contribution is -2.56. The molecule has 10 rings (SSSR count). The normalized spacial score (nSPS) is 22.6. The van der Waals surface area contributed by atoms with Crippen LogP contribution in [-0.4, -0.2) is 122 Å². The van der Waals surface area contributed by atoms with Gasteiger partial charge in [-0.05, 0) is 106 Å². The molecular formula is C50H61N9O7S. The lowest BCUT2D eigenvalue weighted by Gasteiger charge is -2.56. The van der Waals surface area contributed by atoms with Crippen LogP contribution in [-0.2, 0) is 10.0 Å². The van der Waals surface area contributed by atoms with Crippen molar-refractivity contribution in [3.05, 3.63) is 106 Å². The zero-order valence-electron chi connectivity index (χ0n) is 38.8. The number of sulfonamides is 1. The van der Waals surface area contributed by atoms with Gasteiger partial charge in [-0.1, -0.05) is 38.1 Å². The second-order valence-corrected chi connectivity index (χ2v) is 21.8. The Labute approximate surface area is 392 Å². The smallest absolute Gasteiger partial charge is 0.297 e. The zero-order valence-corrected chi connectivity index (χ0v) is 39.6. The molecule has 3 aromatic carbocycles. The van der Waals surface area contributed by atoms with Crippen LogP contribution in [0.5, 0.6) is 17.2 Å². The minimum Gasteiger partial charge on any atom is -0.489 e. The standard InChI is InChI=1S/C50H61N9O7S/c1-33(2)39-8-5-6-9-40(39)42-10-7-17-58(42)36-28-50(29-36)14-18-57(19-15-50)35-11-12-41(44(25-35)66-37-24-34-13-16-51-47(34)52-30-37)48(60)54-67(63,64)38-26-43(59(61)62)46-45(27-38)65-32-49(3,53-46)31-56-22-20-55(4)21-23-56/h5-6,8-9,11-13,16,24-27,30,33,36,42,53H,7,10,14-15,17-23,28-29,31-32H2,1-4H3,(H,51,52)(H,54,60)/t42-,49?/m0/s1. The van der Waals surface area contributed by atoms with Gasteiger partial charge in [0, 0.05) is 93.4 Å². The molecule has 1 spiro atoms. The number of hydrogen-bond donors (Lipinski definition) is 3.